The third-order valence-electron chi connectivity index (χ3n) is 4.78. The van der Waals surface area contributed by atoms with Crippen molar-refractivity contribution in [1.29, 1.82) is 0 Å². The molecule has 0 aromatic carbocycles. The Bertz CT molecular complexity index is 432. The summed E-state index contributed by atoms with van der Waals surface area (Å²) < 4.78 is 0. The maximum absolute atomic E-state index is 12.5. The smallest absolute Gasteiger partial charge is 0.326 e. The maximum Gasteiger partial charge on any atom is 0.326 e. The zero-order valence-corrected chi connectivity index (χ0v) is 13.2. The maximum atomic E-state index is 12.5. The van der Waals surface area contributed by atoms with E-state index in [1.807, 2.05) is 0 Å². The van der Waals surface area contributed by atoms with Gasteiger partial charge in [0.25, 0.3) is 0 Å². The molecule has 1 heterocycles. The summed E-state index contributed by atoms with van der Waals surface area (Å²) in [6, 6.07) is -1.41. The van der Waals surface area contributed by atoms with Crippen LogP contribution in [0.4, 0.5) is 0 Å². The first kappa shape index (κ1) is 16.8. The summed E-state index contributed by atoms with van der Waals surface area (Å²) in [7, 11) is 0. The van der Waals surface area contributed by atoms with Crippen LogP contribution in [-0.4, -0.2) is 46.4 Å². The Hall–Kier alpha value is -1.59. The lowest BCUT2D eigenvalue weighted by Gasteiger charge is -2.35. The topological polar surface area (TPSA) is 86.7 Å². The third-order valence-corrected chi connectivity index (χ3v) is 4.78. The van der Waals surface area contributed by atoms with Gasteiger partial charge in [0.15, 0.2) is 0 Å². The molecule has 0 aromatic rings. The molecule has 1 aliphatic heterocycles. The van der Waals surface area contributed by atoms with Crippen LogP contribution < -0.4 is 5.32 Å². The fourth-order valence-electron chi connectivity index (χ4n) is 3.46. The van der Waals surface area contributed by atoms with Crippen LogP contribution in [0.1, 0.15) is 58.3 Å². The quantitative estimate of drug-likeness (QED) is 0.824. The van der Waals surface area contributed by atoms with Crippen molar-refractivity contribution < 1.29 is 19.5 Å². The Morgan fingerprint density at radius 3 is 2.32 bits per heavy atom. The molecule has 0 radical (unpaired) electrons. The van der Waals surface area contributed by atoms with Gasteiger partial charge in [-0.05, 0) is 39.0 Å². The summed E-state index contributed by atoms with van der Waals surface area (Å²) in [5.74, 6) is -1.31. The average Bonchev–Trinajstić information content (AvgIpc) is 2.54. The van der Waals surface area contributed by atoms with Crippen molar-refractivity contribution in [1.82, 2.24) is 10.2 Å². The van der Waals surface area contributed by atoms with Gasteiger partial charge in [0, 0.05) is 12.5 Å². The molecule has 1 saturated heterocycles. The van der Waals surface area contributed by atoms with Crippen molar-refractivity contribution in [3.05, 3.63) is 0 Å². The van der Waals surface area contributed by atoms with Crippen molar-refractivity contribution in [3.63, 3.8) is 0 Å². The van der Waals surface area contributed by atoms with E-state index in [4.69, 9.17) is 0 Å². The van der Waals surface area contributed by atoms with Crippen LogP contribution in [0, 0.1) is 5.92 Å². The molecule has 2 amide bonds. The first-order valence-corrected chi connectivity index (χ1v) is 8.34. The standard InChI is InChI=1S/C16H26N2O4/c1-11(17-14(19)12-7-3-2-4-8-12)15(20)18-10-6-5-9-13(18)16(21)22/h11-13H,2-10H2,1H3,(H,17,19)(H,21,22)/t11-,13+/m0/s1. The van der Waals surface area contributed by atoms with Gasteiger partial charge in [-0.1, -0.05) is 19.3 Å². The predicted molar refractivity (Wildman–Crippen MR) is 81.2 cm³/mol. The zero-order chi connectivity index (χ0) is 16.1. The molecule has 0 unspecified atom stereocenters. The highest BCUT2D eigenvalue weighted by molar-refractivity contribution is 5.90. The van der Waals surface area contributed by atoms with Crippen LogP contribution in [0.3, 0.4) is 0 Å². The molecule has 0 spiro atoms. The number of carboxylic acids is 1. The van der Waals surface area contributed by atoms with Crippen molar-refractivity contribution in [2.75, 3.05) is 6.54 Å². The number of likely N-dealkylation sites (tertiary alicyclic amines) is 1. The summed E-state index contributed by atoms with van der Waals surface area (Å²) in [5.41, 5.74) is 0. The minimum Gasteiger partial charge on any atom is -0.480 e. The van der Waals surface area contributed by atoms with E-state index in [0.717, 1.165) is 38.5 Å². The van der Waals surface area contributed by atoms with Gasteiger partial charge < -0.3 is 15.3 Å². The first-order valence-electron chi connectivity index (χ1n) is 8.34. The summed E-state index contributed by atoms with van der Waals surface area (Å²) in [5, 5.41) is 12.0. The lowest BCUT2D eigenvalue weighted by Crippen LogP contribution is -2.55. The molecule has 2 atom stereocenters. The van der Waals surface area contributed by atoms with E-state index in [-0.39, 0.29) is 17.7 Å². The number of carbonyl (C=O) groups excluding carboxylic acids is 2. The Labute approximate surface area is 131 Å². The van der Waals surface area contributed by atoms with Gasteiger partial charge in [-0.3, -0.25) is 9.59 Å². The van der Waals surface area contributed by atoms with E-state index in [9.17, 15) is 19.5 Å². The molecule has 22 heavy (non-hydrogen) atoms. The van der Waals surface area contributed by atoms with Gasteiger partial charge >= 0.3 is 5.97 Å². The Balaban J connectivity index is 1.92. The summed E-state index contributed by atoms with van der Waals surface area (Å²) >= 11 is 0. The Morgan fingerprint density at radius 2 is 1.68 bits per heavy atom. The summed E-state index contributed by atoms with van der Waals surface area (Å²) in [4.78, 5) is 37.4. The normalized spacial score (nSPS) is 24.6. The van der Waals surface area contributed by atoms with E-state index >= 15 is 0 Å². The summed E-state index contributed by atoms with van der Waals surface area (Å²) in [6.45, 7) is 2.11. The van der Waals surface area contributed by atoms with Crippen LogP contribution >= 0.6 is 0 Å². The molecule has 0 aromatic heterocycles. The molecule has 2 fully saturated rings. The number of amides is 2. The van der Waals surface area contributed by atoms with Gasteiger partial charge in [0.2, 0.25) is 11.8 Å². The van der Waals surface area contributed by atoms with Crippen LogP contribution in [0.5, 0.6) is 0 Å². The van der Waals surface area contributed by atoms with E-state index in [2.05, 4.69) is 5.32 Å². The molecule has 0 bridgehead atoms. The zero-order valence-electron chi connectivity index (χ0n) is 13.2. The second-order valence-corrected chi connectivity index (χ2v) is 6.45. The minimum absolute atomic E-state index is 0.000580. The van der Waals surface area contributed by atoms with Gasteiger partial charge in [0.1, 0.15) is 12.1 Å². The van der Waals surface area contributed by atoms with Crippen LogP contribution in [0.25, 0.3) is 0 Å². The second kappa shape index (κ2) is 7.61. The number of carbonyl (C=O) groups is 3. The second-order valence-electron chi connectivity index (χ2n) is 6.45. The van der Waals surface area contributed by atoms with E-state index in [0.29, 0.717) is 13.0 Å². The van der Waals surface area contributed by atoms with Crippen molar-refractivity contribution in [2.24, 2.45) is 5.92 Å². The molecule has 6 nitrogen and oxygen atoms in total. The Morgan fingerprint density at radius 1 is 1.05 bits per heavy atom. The Kier molecular flexibility index (Phi) is 5.80. The van der Waals surface area contributed by atoms with E-state index in [1.54, 1.807) is 6.92 Å². The fraction of sp³-hybridized carbons (Fsp3) is 0.812. The van der Waals surface area contributed by atoms with Gasteiger partial charge in [0.05, 0.1) is 0 Å². The van der Waals surface area contributed by atoms with Crippen molar-refractivity contribution in [2.45, 2.75) is 70.4 Å². The molecule has 124 valence electrons. The number of hydrogen-bond acceptors (Lipinski definition) is 3. The number of carboxylic acid groups (broad SMARTS) is 1. The third kappa shape index (κ3) is 3.99. The highest BCUT2D eigenvalue weighted by Gasteiger charge is 2.35. The van der Waals surface area contributed by atoms with Gasteiger partial charge in [-0.15, -0.1) is 0 Å². The molecule has 2 aliphatic rings. The molecule has 2 rings (SSSR count). The van der Waals surface area contributed by atoms with Crippen LogP contribution in [0.15, 0.2) is 0 Å². The number of aliphatic carboxylic acids is 1. The molecular weight excluding hydrogens is 284 g/mol. The van der Waals surface area contributed by atoms with E-state index < -0.39 is 18.1 Å². The fourth-order valence-corrected chi connectivity index (χ4v) is 3.46. The molecule has 2 N–H and O–H groups in total. The van der Waals surface area contributed by atoms with Crippen LogP contribution in [-0.2, 0) is 14.4 Å². The van der Waals surface area contributed by atoms with Crippen molar-refractivity contribution in [3.8, 4) is 0 Å². The number of nitrogens with zero attached hydrogens (tertiary/aromatic N) is 1. The van der Waals surface area contributed by atoms with E-state index in [1.165, 1.54) is 11.3 Å². The summed E-state index contributed by atoms with van der Waals surface area (Å²) in [6.07, 6.45) is 7.20. The number of piperidine rings is 1. The van der Waals surface area contributed by atoms with Gasteiger partial charge in [-0.2, -0.15) is 0 Å². The lowest BCUT2D eigenvalue weighted by molar-refractivity contribution is -0.153. The van der Waals surface area contributed by atoms with Gasteiger partial charge in [-0.25, -0.2) is 4.79 Å². The molecule has 6 heteroatoms. The largest absolute Gasteiger partial charge is 0.480 e. The molecule has 1 saturated carbocycles. The average molecular weight is 310 g/mol. The predicted octanol–water partition coefficient (Wildman–Crippen LogP) is 1.54. The SMILES string of the molecule is C[C@H](NC(=O)C1CCCCC1)C(=O)N1CCCC[C@@H]1C(=O)O. The number of hydrogen-bond donors (Lipinski definition) is 2. The minimum atomic E-state index is -0.959. The highest BCUT2D eigenvalue weighted by Crippen LogP contribution is 2.24. The number of nitrogens with one attached hydrogen (secondary N) is 1. The monoisotopic (exact) mass is 310 g/mol. The lowest BCUT2D eigenvalue weighted by atomic mass is 9.88. The highest BCUT2D eigenvalue weighted by atomic mass is 16.4. The van der Waals surface area contributed by atoms with Crippen molar-refractivity contribution >= 4 is 17.8 Å². The molecular formula is C16H26N2O4. The first-order chi connectivity index (χ1) is 10.5. The number of rotatable bonds is 4. The van der Waals surface area contributed by atoms with Crippen LogP contribution in [0.2, 0.25) is 0 Å². The molecule has 1 aliphatic carbocycles.